The summed E-state index contributed by atoms with van der Waals surface area (Å²) in [4.78, 5) is 34.4. The third-order valence-electron chi connectivity index (χ3n) is 3.41. The van der Waals surface area contributed by atoms with Gasteiger partial charge in [0.15, 0.2) is 6.61 Å². The van der Waals surface area contributed by atoms with Gasteiger partial charge in [-0.25, -0.2) is 4.79 Å². The van der Waals surface area contributed by atoms with Crippen molar-refractivity contribution in [1.29, 1.82) is 0 Å². The van der Waals surface area contributed by atoms with Crippen LogP contribution in [0.5, 0.6) is 0 Å². The summed E-state index contributed by atoms with van der Waals surface area (Å²) in [5.74, 6) is -1.24. The van der Waals surface area contributed by atoms with Crippen molar-refractivity contribution in [2.24, 2.45) is 0 Å². The van der Waals surface area contributed by atoms with E-state index < -0.39 is 17.5 Å². The molecule has 0 unspecified atom stereocenters. The Balaban J connectivity index is 2.13. The lowest BCUT2D eigenvalue weighted by atomic mass is 10.0. The van der Waals surface area contributed by atoms with Crippen LogP contribution in [0.25, 0.3) is 0 Å². The summed E-state index contributed by atoms with van der Waals surface area (Å²) < 4.78 is 4.96. The number of hydrogen-bond acceptors (Lipinski definition) is 5. The molecule has 0 atom stereocenters. The fourth-order valence-corrected chi connectivity index (χ4v) is 2.30. The molecule has 6 nitrogen and oxygen atoms in total. The first-order valence-corrected chi connectivity index (χ1v) is 7.39. The quantitative estimate of drug-likeness (QED) is 0.354. The minimum Gasteiger partial charge on any atom is -0.454 e. The number of rotatable bonds is 5. The monoisotopic (exact) mass is 347 g/mol. The molecule has 0 bridgehead atoms. The van der Waals surface area contributed by atoms with E-state index in [4.69, 9.17) is 16.3 Å². The van der Waals surface area contributed by atoms with Gasteiger partial charge in [-0.15, -0.1) is 0 Å². The Morgan fingerprint density at radius 2 is 1.83 bits per heavy atom. The molecular formula is C17H14ClNO5. The Morgan fingerprint density at radius 3 is 2.50 bits per heavy atom. The molecule has 0 aliphatic carbocycles. The van der Waals surface area contributed by atoms with Crippen LogP contribution in [0.1, 0.15) is 31.8 Å². The van der Waals surface area contributed by atoms with Gasteiger partial charge in [-0.3, -0.25) is 14.9 Å². The minimum atomic E-state index is -0.887. The van der Waals surface area contributed by atoms with Crippen LogP contribution in [0.15, 0.2) is 36.4 Å². The van der Waals surface area contributed by atoms with E-state index in [-0.39, 0.29) is 22.1 Å². The molecule has 0 saturated carbocycles. The lowest BCUT2D eigenvalue weighted by molar-refractivity contribution is -0.384. The summed E-state index contributed by atoms with van der Waals surface area (Å²) in [6.45, 7) is 3.17. The van der Waals surface area contributed by atoms with E-state index in [9.17, 15) is 19.7 Å². The second-order valence-corrected chi connectivity index (χ2v) is 5.65. The van der Waals surface area contributed by atoms with Crippen molar-refractivity contribution in [2.45, 2.75) is 13.8 Å². The standard InChI is InChI=1S/C17H14ClNO5/c1-10-3-4-11(2)13(7-10)16(20)9-24-17(21)14-8-12(19(22)23)5-6-15(14)18/h3-8H,9H2,1-2H3. The topological polar surface area (TPSA) is 86.5 Å². The number of hydrogen-bond donors (Lipinski definition) is 0. The number of benzene rings is 2. The van der Waals surface area contributed by atoms with Crippen molar-refractivity contribution in [3.63, 3.8) is 0 Å². The highest BCUT2D eigenvalue weighted by Gasteiger charge is 2.19. The van der Waals surface area contributed by atoms with Crippen molar-refractivity contribution in [3.05, 3.63) is 73.8 Å². The summed E-state index contributed by atoms with van der Waals surface area (Å²) in [7, 11) is 0. The van der Waals surface area contributed by atoms with Gasteiger partial charge >= 0.3 is 5.97 Å². The van der Waals surface area contributed by atoms with Gasteiger partial charge in [0.1, 0.15) is 0 Å². The number of ether oxygens (including phenoxy) is 1. The first-order chi connectivity index (χ1) is 11.3. The lowest BCUT2D eigenvalue weighted by Gasteiger charge is -2.08. The van der Waals surface area contributed by atoms with Gasteiger partial charge in [0.2, 0.25) is 5.78 Å². The average molecular weight is 348 g/mol. The second-order valence-electron chi connectivity index (χ2n) is 5.24. The van der Waals surface area contributed by atoms with Gasteiger partial charge in [0.05, 0.1) is 15.5 Å². The molecule has 2 aromatic rings. The number of carbonyl (C=O) groups is 2. The highest BCUT2D eigenvalue weighted by atomic mass is 35.5. The molecule has 0 aliphatic heterocycles. The van der Waals surface area contributed by atoms with Gasteiger partial charge in [-0.2, -0.15) is 0 Å². The molecule has 124 valence electrons. The van der Waals surface area contributed by atoms with Crippen molar-refractivity contribution in [1.82, 2.24) is 0 Å². The van der Waals surface area contributed by atoms with Gasteiger partial charge in [0, 0.05) is 17.7 Å². The number of carbonyl (C=O) groups excluding carboxylic acids is 2. The van der Waals surface area contributed by atoms with Gasteiger partial charge < -0.3 is 4.74 Å². The van der Waals surface area contributed by atoms with Crippen LogP contribution in [0.3, 0.4) is 0 Å². The van der Waals surface area contributed by atoms with Gasteiger partial charge in [-0.05, 0) is 31.5 Å². The largest absolute Gasteiger partial charge is 0.454 e. The maximum atomic E-state index is 12.2. The fraction of sp³-hybridized carbons (Fsp3) is 0.176. The van der Waals surface area contributed by atoms with Gasteiger partial charge in [0.25, 0.3) is 5.69 Å². The zero-order valence-electron chi connectivity index (χ0n) is 13.0. The number of nitro groups is 1. The third-order valence-corrected chi connectivity index (χ3v) is 3.74. The van der Waals surface area contributed by atoms with Crippen LogP contribution in [0, 0.1) is 24.0 Å². The number of Topliss-reactive ketones (excluding diaryl/α,β-unsaturated/α-hetero) is 1. The van der Waals surface area contributed by atoms with E-state index in [1.807, 2.05) is 19.1 Å². The van der Waals surface area contributed by atoms with Gasteiger partial charge in [-0.1, -0.05) is 29.3 Å². The summed E-state index contributed by atoms with van der Waals surface area (Å²) in [5, 5.41) is 10.8. The van der Waals surface area contributed by atoms with E-state index >= 15 is 0 Å². The summed E-state index contributed by atoms with van der Waals surface area (Å²) in [6.07, 6.45) is 0. The first-order valence-electron chi connectivity index (χ1n) is 7.01. The van der Waals surface area contributed by atoms with Crippen LogP contribution in [-0.4, -0.2) is 23.3 Å². The molecule has 0 spiro atoms. The van der Waals surface area contributed by atoms with E-state index in [0.717, 1.165) is 17.2 Å². The molecule has 7 heteroatoms. The number of halogens is 1. The lowest BCUT2D eigenvalue weighted by Crippen LogP contribution is -2.15. The second kappa shape index (κ2) is 7.23. The fourth-order valence-electron chi connectivity index (χ4n) is 2.11. The molecule has 24 heavy (non-hydrogen) atoms. The molecule has 0 heterocycles. The molecule has 0 saturated heterocycles. The first kappa shape index (κ1) is 17.6. The molecule has 2 aromatic carbocycles. The van der Waals surface area contributed by atoms with E-state index in [2.05, 4.69) is 0 Å². The van der Waals surface area contributed by atoms with Crippen LogP contribution < -0.4 is 0 Å². The van der Waals surface area contributed by atoms with E-state index in [0.29, 0.717) is 5.56 Å². The predicted molar refractivity (Wildman–Crippen MR) is 88.6 cm³/mol. The highest BCUT2D eigenvalue weighted by Crippen LogP contribution is 2.23. The number of esters is 1. The number of ketones is 1. The summed E-state index contributed by atoms with van der Waals surface area (Å²) in [6, 6.07) is 8.84. The molecule has 0 aliphatic rings. The molecule has 0 amide bonds. The molecule has 0 radical (unpaired) electrons. The zero-order valence-corrected chi connectivity index (χ0v) is 13.8. The van der Waals surface area contributed by atoms with Crippen LogP contribution >= 0.6 is 11.6 Å². The van der Waals surface area contributed by atoms with E-state index in [1.54, 1.807) is 13.0 Å². The van der Waals surface area contributed by atoms with Crippen molar-refractivity contribution in [2.75, 3.05) is 6.61 Å². The molecule has 2 rings (SSSR count). The van der Waals surface area contributed by atoms with Crippen LogP contribution in [-0.2, 0) is 4.74 Å². The molecule has 0 aromatic heterocycles. The smallest absolute Gasteiger partial charge is 0.340 e. The molecule has 0 N–H and O–H groups in total. The average Bonchev–Trinajstić information content (AvgIpc) is 2.54. The maximum Gasteiger partial charge on any atom is 0.340 e. The Labute approximate surface area is 143 Å². The Kier molecular flexibility index (Phi) is 5.31. The van der Waals surface area contributed by atoms with Crippen LogP contribution in [0.4, 0.5) is 5.69 Å². The summed E-state index contributed by atoms with van der Waals surface area (Å²) in [5.41, 5.74) is 1.71. The normalized spacial score (nSPS) is 10.3. The SMILES string of the molecule is Cc1ccc(C)c(C(=O)COC(=O)c2cc([N+](=O)[O-])ccc2Cl)c1. The van der Waals surface area contributed by atoms with E-state index in [1.165, 1.54) is 12.1 Å². The minimum absolute atomic E-state index is 0.0183. The van der Waals surface area contributed by atoms with Crippen LogP contribution in [0.2, 0.25) is 5.02 Å². The maximum absolute atomic E-state index is 12.2. The number of nitrogens with zero attached hydrogens (tertiary/aromatic N) is 1. The zero-order chi connectivity index (χ0) is 17.9. The van der Waals surface area contributed by atoms with Crippen molar-refractivity contribution in [3.8, 4) is 0 Å². The highest BCUT2D eigenvalue weighted by molar-refractivity contribution is 6.33. The predicted octanol–water partition coefficient (Wildman–Crippen LogP) is 3.90. The Hall–Kier alpha value is -2.73. The number of nitro benzene ring substituents is 1. The number of aryl methyl sites for hydroxylation is 2. The Morgan fingerprint density at radius 1 is 1.12 bits per heavy atom. The molecular weight excluding hydrogens is 334 g/mol. The summed E-state index contributed by atoms with van der Waals surface area (Å²) >= 11 is 5.87. The Bertz CT molecular complexity index is 832. The van der Waals surface area contributed by atoms with Crippen molar-refractivity contribution >= 4 is 29.0 Å². The van der Waals surface area contributed by atoms with Crippen molar-refractivity contribution < 1.29 is 19.2 Å². The molecule has 0 fully saturated rings. The third kappa shape index (κ3) is 3.97. The number of non-ortho nitro benzene ring substituents is 1.